The second kappa shape index (κ2) is 7.21. The van der Waals surface area contributed by atoms with Crippen LogP contribution < -0.4 is 9.47 Å². The summed E-state index contributed by atoms with van der Waals surface area (Å²) in [5.74, 6) is 0.363. The Labute approximate surface area is 145 Å². The van der Waals surface area contributed by atoms with E-state index in [4.69, 9.17) is 14.6 Å². The first-order valence-electron chi connectivity index (χ1n) is 7.95. The van der Waals surface area contributed by atoms with Gasteiger partial charge in [-0.25, -0.2) is 4.98 Å². The second-order valence-electron chi connectivity index (χ2n) is 5.61. The lowest BCUT2D eigenvalue weighted by atomic mass is 9.94. The van der Waals surface area contributed by atoms with Gasteiger partial charge in [-0.15, -0.1) is 0 Å². The number of ether oxygens (including phenoxy) is 2. The SMILES string of the molecule is COc1ccnc(OC)c1-c1cccc2c(CCC(=O)O)cccc12. The molecule has 5 heteroatoms. The maximum absolute atomic E-state index is 10.9. The summed E-state index contributed by atoms with van der Waals surface area (Å²) in [7, 11) is 3.19. The normalized spacial score (nSPS) is 10.6. The molecule has 0 saturated heterocycles. The molecular weight excluding hydrogens is 318 g/mol. The number of aromatic nitrogens is 1. The van der Waals surface area contributed by atoms with Gasteiger partial charge in [0.15, 0.2) is 0 Å². The first-order valence-corrected chi connectivity index (χ1v) is 7.95. The average molecular weight is 337 g/mol. The molecule has 0 fully saturated rings. The van der Waals surface area contributed by atoms with Crippen molar-refractivity contribution < 1.29 is 19.4 Å². The molecular formula is C20H19NO4. The number of hydrogen-bond donors (Lipinski definition) is 1. The van der Waals surface area contributed by atoms with E-state index < -0.39 is 5.97 Å². The van der Waals surface area contributed by atoms with Crippen LogP contribution in [0.1, 0.15) is 12.0 Å². The highest BCUT2D eigenvalue weighted by atomic mass is 16.5. The molecule has 2 aromatic carbocycles. The van der Waals surface area contributed by atoms with Gasteiger partial charge in [0.2, 0.25) is 5.88 Å². The Hall–Kier alpha value is -3.08. The lowest BCUT2D eigenvalue weighted by Gasteiger charge is -2.15. The van der Waals surface area contributed by atoms with Crippen molar-refractivity contribution in [3.05, 3.63) is 54.2 Å². The third-order valence-electron chi connectivity index (χ3n) is 4.18. The Kier molecular flexibility index (Phi) is 4.84. The van der Waals surface area contributed by atoms with Crippen molar-refractivity contribution in [2.24, 2.45) is 0 Å². The molecule has 0 saturated carbocycles. The molecule has 1 aromatic heterocycles. The number of hydrogen-bond acceptors (Lipinski definition) is 4. The monoisotopic (exact) mass is 337 g/mol. The predicted molar refractivity (Wildman–Crippen MR) is 96.2 cm³/mol. The van der Waals surface area contributed by atoms with Gasteiger partial charge in [0.1, 0.15) is 5.75 Å². The van der Waals surface area contributed by atoms with Gasteiger partial charge in [0.05, 0.1) is 19.8 Å². The van der Waals surface area contributed by atoms with Crippen LogP contribution in [-0.4, -0.2) is 30.3 Å². The Bertz CT molecular complexity index is 898. The predicted octanol–water partition coefficient (Wildman–Crippen LogP) is 3.94. The van der Waals surface area contributed by atoms with Crippen LogP contribution in [0.4, 0.5) is 0 Å². The molecule has 1 heterocycles. The standard InChI is InChI=1S/C20H19NO4/c1-24-17-11-12-21-20(25-2)19(17)16-8-4-6-14-13(9-10-18(22)23)5-3-7-15(14)16/h3-8,11-12H,9-10H2,1-2H3,(H,22,23). The van der Waals surface area contributed by atoms with Gasteiger partial charge in [-0.2, -0.15) is 0 Å². The largest absolute Gasteiger partial charge is 0.496 e. The van der Waals surface area contributed by atoms with E-state index in [0.717, 1.165) is 27.5 Å². The Balaban J connectivity index is 2.22. The number of rotatable bonds is 6. The van der Waals surface area contributed by atoms with E-state index in [9.17, 15) is 4.79 Å². The first-order chi connectivity index (χ1) is 12.2. The van der Waals surface area contributed by atoms with Crippen molar-refractivity contribution >= 4 is 16.7 Å². The maximum atomic E-state index is 10.9. The summed E-state index contributed by atoms with van der Waals surface area (Å²) in [5, 5.41) is 11.0. The van der Waals surface area contributed by atoms with Crippen molar-refractivity contribution in [1.82, 2.24) is 4.98 Å². The number of aliphatic carboxylic acids is 1. The van der Waals surface area contributed by atoms with Gasteiger partial charge >= 0.3 is 5.97 Å². The minimum Gasteiger partial charge on any atom is -0.496 e. The topological polar surface area (TPSA) is 68.7 Å². The lowest BCUT2D eigenvalue weighted by Crippen LogP contribution is -1.99. The molecule has 1 N–H and O–H groups in total. The Morgan fingerprint density at radius 2 is 1.80 bits per heavy atom. The summed E-state index contributed by atoms with van der Waals surface area (Å²) in [5.41, 5.74) is 2.73. The average Bonchev–Trinajstić information content (AvgIpc) is 2.65. The van der Waals surface area contributed by atoms with E-state index in [0.29, 0.717) is 18.1 Å². The second-order valence-corrected chi connectivity index (χ2v) is 5.61. The van der Waals surface area contributed by atoms with Crippen LogP contribution in [0.2, 0.25) is 0 Å². The van der Waals surface area contributed by atoms with Gasteiger partial charge in [-0.1, -0.05) is 36.4 Å². The summed E-state index contributed by atoms with van der Waals surface area (Å²) in [6.07, 6.45) is 2.23. The van der Waals surface area contributed by atoms with E-state index >= 15 is 0 Å². The molecule has 3 aromatic rings. The van der Waals surface area contributed by atoms with E-state index in [1.165, 1.54) is 0 Å². The number of methoxy groups -OCH3 is 2. The van der Waals surface area contributed by atoms with Crippen LogP contribution in [0.25, 0.3) is 21.9 Å². The van der Waals surface area contributed by atoms with E-state index in [-0.39, 0.29) is 6.42 Å². The summed E-state index contributed by atoms with van der Waals surface area (Å²) in [4.78, 5) is 15.2. The third kappa shape index (κ3) is 3.26. The van der Waals surface area contributed by atoms with Crippen LogP contribution >= 0.6 is 0 Å². The highest BCUT2D eigenvalue weighted by Crippen LogP contribution is 2.40. The van der Waals surface area contributed by atoms with E-state index in [1.807, 2.05) is 36.4 Å². The molecule has 128 valence electrons. The highest BCUT2D eigenvalue weighted by Gasteiger charge is 2.17. The molecule has 0 bridgehead atoms. The van der Waals surface area contributed by atoms with Gasteiger partial charge in [0, 0.05) is 12.6 Å². The number of benzene rings is 2. The number of aryl methyl sites for hydroxylation is 1. The molecule has 0 aliphatic carbocycles. The fourth-order valence-corrected chi connectivity index (χ4v) is 3.05. The first kappa shape index (κ1) is 16.8. The maximum Gasteiger partial charge on any atom is 0.303 e. The Morgan fingerprint density at radius 3 is 2.52 bits per heavy atom. The molecule has 0 aliphatic heterocycles. The smallest absolute Gasteiger partial charge is 0.303 e. The van der Waals surface area contributed by atoms with Crippen molar-refractivity contribution in [2.45, 2.75) is 12.8 Å². The highest BCUT2D eigenvalue weighted by molar-refractivity contribution is 6.00. The molecule has 0 atom stereocenters. The van der Waals surface area contributed by atoms with Crippen LogP contribution in [0.5, 0.6) is 11.6 Å². The summed E-state index contributed by atoms with van der Waals surface area (Å²) >= 11 is 0. The zero-order valence-corrected chi connectivity index (χ0v) is 14.2. The molecule has 3 rings (SSSR count). The molecule has 0 aliphatic rings. The van der Waals surface area contributed by atoms with E-state index in [1.54, 1.807) is 26.5 Å². The summed E-state index contributed by atoms with van der Waals surface area (Å²) in [6.45, 7) is 0. The van der Waals surface area contributed by atoms with Crippen LogP contribution in [0.3, 0.4) is 0 Å². The van der Waals surface area contributed by atoms with Crippen LogP contribution in [0.15, 0.2) is 48.7 Å². The quantitative estimate of drug-likeness (QED) is 0.738. The number of nitrogens with zero attached hydrogens (tertiary/aromatic N) is 1. The van der Waals surface area contributed by atoms with E-state index in [2.05, 4.69) is 4.98 Å². The molecule has 25 heavy (non-hydrogen) atoms. The Morgan fingerprint density at radius 1 is 1.04 bits per heavy atom. The fraction of sp³-hybridized carbons (Fsp3) is 0.200. The molecule has 0 spiro atoms. The van der Waals surface area contributed by atoms with Crippen LogP contribution in [-0.2, 0) is 11.2 Å². The zero-order chi connectivity index (χ0) is 17.8. The minimum absolute atomic E-state index is 0.100. The number of carboxylic acids is 1. The van der Waals surface area contributed by atoms with Gasteiger partial charge in [-0.05, 0) is 34.4 Å². The molecule has 0 unspecified atom stereocenters. The fourth-order valence-electron chi connectivity index (χ4n) is 3.05. The summed E-state index contributed by atoms with van der Waals surface area (Å²) < 4.78 is 10.9. The number of carbonyl (C=O) groups is 1. The third-order valence-corrected chi connectivity index (χ3v) is 4.18. The number of pyridine rings is 1. The zero-order valence-electron chi connectivity index (χ0n) is 14.2. The van der Waals surface area contributed by atoms with Gasteiger partial charge in [-0.3, -0.25) is 4.79 Å². The molecule has 0 radical (unpaired) electrons. The van der Waals surface area contributed by atoms with Gasteiger partial charge in [0.25, 0.3) is 0 Å². The summed E-state index contributed by atoms with van der Waals surface area (Å²) in [6, 6.07) is 13.7. The number of fused-ring (bicyclic) bond motifs is 1. The molecule has 5 nitrogen and oxygen atoms in total. The van der Waals surface area contributed by atoms with Crippen molar-refractivity contribution in [1.29, 1.82) is 0 Å². The van der Waals surface area contributed by atoms with Crippen molar-refractivity contribution in [3.63, 3.8) is 0 Å². The lowest BCUT2D eigenvalue weighted by molar-refractivity contribution is -0.136. The van der Waals surface area contributed by atoms with Gasteiger partial charge < -0.3 is 14.6 Å². The van der Waals surface area contributed by atoms with Crippen molar-refractivity contribution in [3.8, 4) is 22.8 Å². The van der Waals surface area contributed by atoms with Crippen molar-refractivity contribution in [2.75, 3.05) is 14.2 Å². The molecule has 0 amide bonds. The minimum atomic E-state index is -0.802. The number of carboxylic acid groups (broad SMARTS) is 1. The van der Waals surface area contributed by atoms with Crippen LogP contribution in [0, 0.1) is 0 Å².